The first-order valence-electron chi connectivity index (χ1n) is 13.0. The first-order valence-corrected chi connectivity index (χ1v) is 13.8. The van der Waals surface area contributed by atoms with Crippen LogP contribution >= 0.6 is 12.0 Å². The Balaban J connectivity index is 1.77. The zero-order chi connectivity index (χ0) is 29.8. The number of amides is 4. The van der Waals surface area contributed by atoms with Crippen LogP contribution in [0.4, 0.5) is 10.5 Å². The highest BCUT2D eigenvalue weighted by Crippen LogP contribution is 2.56. The van der Waals surface area contributed by atoms with Crippen LogP contribution in [-0.4, -0.2) is 81.3 Å². The second-order valence-electron chi connectivity index (χ2n) is 10.9. The molecule has 1 aromatic carbocycles. The Morgan fingerprint density at radius 3 is 2.45 bits per heavy atom. The normalized spacial score (nSPS) is 22.7. The minimum atomic E-state index is -1.22. The molecule has 1 aromatic rings. The molecule has 0 aliphatic carbocycles. The van der Waals surface area contributed by atoms with Crippen LogP contribution in [0.3, 0.4) is 0 Å². The van der Waals surface area contributed by atoms with Crippen molar-refractivity contribution in [2.24, 2.45) is 5.92 Å². The van der Waals surface area contributed by atoms with Crippen LogP contribution in [0.25, 0.3) is 0 Å². The molecule has 40 heavy (non-hydrogen) atoms. The molecule has 0 saturated carbocycles. The third kappa shape index (κ3) is 6.61. The summed E-state index contributed by atoms with van der Waals surface area (Å²) in [6, 6.07) is 5.16. The van der Waals surface area contributed by atoms with Crippen LogP contribution in [0.2, 0.25) is 0 Å². The van der Waals surface area contributed by atoms with Gasteiger partial charge in [0.05, 0.1) is 6.54 Å². The van der Waals surface area contributed by atoms with Gasteiger partial charge in [0.1, 0.15) is 35.1 Å². The molecule has 1 fully saturated rings. The highest BCUT2D eigenvalue weighted by molar-refractivity contribution is 7.94. The third-order valence-corrected chi connectivity index (χ3v) is 7.88. The number of likely N-dealkylation sites (tertiary alicyclic amines) is 1. The maximum Gasteiger partial charge on any atom is 0.412 e. The number of carbonyl (C=O) groups excluding carboxylic acids is 4. The second kappa shape index (κ2) is 12.3. The predicted octanol–water partition coefficient (Wildman–Crippen LogP) is 1.70. The fraction of sp³-hybridized carbons (Fsp3) is 0.577. The van der Waals surface area contributed by atoms with Gasteiger partial charge in [-0.3, -0.25) is 24.1 Å². The van der Waals surface area contributed by atoms with E-state index < -0.39 is 71.5 Å². The largest absolute Gasteiger partial charge is 0.480 e. The van der Waals surface area contributed by atoms with Gasteiger partial charge in [0, 0.05) is 24.2 Å². The zero-order valence-electron chi connectivity index (χ0n) is 23.1. The first-order chi connectivity index (χ1) is 18.7. The molecule has 2 aliphatic heterocycles. The molecule has 4 amide bonds. The van der Waals surface area contributed by atoms with Crippen molar-refractivity contribution < 1.29 is 38.4 Å². The Morgan fingerprint density at radius 2 is 1.85 bits per heavy atom. The molecular weight excluding hydrogens is 542 g/mol. The molecule has 0 spiro atoms. The average molecular weight is 580 g/mol. The molecular formula is C26H37N5O8S. The predicted molar refractivity (Wildman–Crippen MR) is 147 cm³/mol. The topological polar surface area (TPSA) is 186 Å². The summed E-state index contributed by atoms with van der Waals surface area (Å²) in [5.41, 5.74) is 0.601. The quantitative estimate of drug-likeness (QED) is 0.223. The summed E-state index contributed by atoms with van der Waals surface area (Å²) in [5.74, 6) is -3.48. The molecule has 1 saturated heterocycles. The summed E-state index contributed by atoms with van der Waals surface area (Å²) in [7, 11) is 0. The van der Waals surface area contributed by atoms with E-state index in [0.717, 1.165) is 11.3 Å². The Bertz CT molecular complexity index is 1160. The van der Waals surface area contributed by atoms with Crippen molar-refractivity contribution >= 4 is 47.5 Å². The fourth-order valence-electron chi connectivity index (χ4n) is 4.86. The lowest BCUT2D eigenvalue weighted by Crippen LogP contribution is -2.55. The maximum atomic E-state index is 13.4. The number of aliphatic carboxylic acids is 1. The van der Waals surface area contributed by atoms with E-state index in [1.807, 2.05) is 25.1 Å². The number of para-hydroxylation sites is 1. The second-order valence-corrected chi connectivity index (χ2v) is 11.9. The number of nitrogens with zero attached hydrogens (tertiary/aromatic N) is 1. The number of carboxylic acid groups (broad SMARTS) is 1. The molecule has 5 atom stereocenters. The molecule has 6 N–H and O–H groups in total. The minimum Gasteiger partial charge on any atom is -0.480 e. The van der Waals surface area contributed by atoms with E-state index in [1.165, 1.54) is 4.90 Å². The van der Waals surface area contributed by atoms with E-state index in [9.17, 15) is 28.5 Å². The molecule has 3 unspecified atom stereocenters. The van der Waals surface area contributed by atoms with Gasteiger partial charge in [-0.1, -0.05) is 38.5 Å². The number of ether oxygens (including phenoxy) is 1. The van der Waals surface area contributed by atoms with Crippen molar-refractivity contribution in [3.05, 3.63) is 29.8 Å². The van der Waals surface area contributed by atoms with Gasteiger partial charge in [-0.25, -0.2) is 4.79 Å². The van der Waals surface area contributed by atoms with E-state index in [2.05, 4.69) is 21.3 Å². The summed E-state index contributed by atoms with van der Waals surface area (Å²) >= 11 is 0.544. The van der Waals surface area contributed by atoms with Gasteiger partial charge >= 0.3 is 12.1 Å². The van der Waals surface area contributed by atoms with Crippen LogP contribution < -0.4 is 21.3 Å². The number of rotatable bonds is 10. The molecule has 3 rings (SSSR count). The molecule has 14 heteroatoms. The summed E-state index contributed by atoms with van der Waals surface area (Å²) in [4.78, 5) is 64.0. The van der Waals surface area contributed by atoms with Crippen LogP contribution in [0.5, 0.6) is 0 Å². The number of fused-ring (bicyclic) bond motifs is 3. The number of nitrogens with one attached hydrogen (secondary N) is 4. The average Bonchev–Trinajstić information content (AvgIpc) is 3.39. The monoisotopic (exact) mass is 579 g/mol. The van der Waals surface area contributed by atoms with Crippen LogP contribution in [0, 0.1) is 5.92 Å². The Kier molecular flexibility index (Phi) is 9.56. The standard InChI is InChI=1S/C26H37N5O8S/c1-6-14(2)20(22(36)28-13-19(33)34)30-18(32)12-27-21(35)17-11-26(40-38)15-9-7-8-10-16(15)29-23(26)31(17)24(37)39-25(3,4)5/h7-10,14,17,20,23,29,38H,6,11-13H2,1-5H3,(H,27,35)(H,28,36)(H,30,32)(H,33,34)/t14?,17-,20-,23?,26?/m0/s1. The molecule has 2 aliphatic rings. The van der Waals surface area contributed by atoms with Crippen molar-refractivity contribution in [1.29, 1.82) is 0 Å². The van der Waals surface area contributed by atoms with E-state index >= 15 is 0 Å². The number of benzene rings is 1. The SMILES string of the molecule is CCC(C)[C@H](NC(=O)CNC(=O)[C@@H]1CC2(SO)c3ccccc3NC2N1C(=O)OC(C)(C)C)C(=O)NCC(=O)O. The molecule has 2 heterocycles. The molecule has 220 valence electrons. The zero-order valence-corrected chi connectivity index (χ0v) is 24.0. The lowest BCUT2D eigenvalue weighted by molar-refractivity contribution is -0.138. The molecule has 13 nitrogen and oxygen atoms in total. The summed E-state index contributed by atoms with van der Waals surface area (Å²) in [6.45, 7) is 7.56. The lowest BCUT2D eigenvalue weighted by Gasteiger charge is -2.33. The maximum absolute atomic E-state index is 13.4. The number of anilines is 1. The Labute approximate surface area is 237 Å². The minimum absolute atomic E-state index is 0.0443. The van der Waals surface area contributed by atoms with Gasteiger partial charge in [0.15, 0.2) is 0 Å². The van der Waals surface area contributed by atoms with E-state index in [1.54, 1.807) is 33.8 Å². The van der Waals surface area contributed by atoms with Gasteiger partial charge in [-0.05, 0) is 38.3 Å². The Morgan fingerprint density at radius 1 is 1.18 bits per heavy atom. The fourth-order valence-corrected chi connectivity index (χ4v) is 5.64. The van der Waals surface area contributed by atoms with Gasteiger partial charge in [-0.15, -0.1) is 0 Å². The molecule has 0 radical (unpaired) electrons. The van der Waals surface area contributed by atoms with Gasteiger partial charge < -0.3 is 35.7 Å². The first kappa shape index (κ1) is 31.0. The van der Waals surface area contributed by atoms with Gasteiger partial charge in [0.25, 0.3) is 0 Å². The van der Waals surface area contributed by atoms with Crippen LogP contribution in [0.15, 0.2) is 24.3 Å². The number of carboxylic acids is 1. The number of carbonyl (C=O) groups is 5. The lowest BCUT2D eigenvalue weighted by atomic mass is 9.95. The summed E-state index contributed by atoms with van der Waals surface area (Å²) in [5, 5.41) is 19.4. The van der Waals surface area contributed by atoms with Crippen molar-refractivity contribution in [3.63, 3.8) is 0 Å². The van der Waals surface area contributed by atoms with Crippen molar-refractivity contribution in [2.75, 3.05) is 18.4 Å². The van der Waals surface area contributed by atoms with Crippen LogP contribution in [-0.2, 0) is 28.7 Å². The van der Waals surface area contributed by atoms with Crippen molar-refractivity contribution in [2.45, 2.75) is 76.1 Å². The molecule has 0 bridgehead atoms. The van der Waals surface area contributed by atoms with Crippen molar-refractivity contribution in [1.82, 2.24) is 20.9 Å². The highest BCUT2D eigenvalue weighted by atomic mass is 32.2. The number of hydrogen-bond acceptors (Lipinski definition) is 9. The molecule has 0 aromatic heterocycles. The van der Waals surface area contributed by atoms with Gasteiger partial charge in [-0.2, -0.15) is 0 Å². The van der Waals surface area contributed by atoms with Crippen molar-refractivity contribution in [3.8, 4) is 0 Å². The van der Waals surface area contributed by atoms with Crippen LogP contribution in [0.1, 0.15) is 53.0 Å². The summed E-state index contributed by atoms with van der Waals surface area (Å²) < 4.78 is 15.0. The number of hydrogen-bond donors (Lipinski definition) is 6. The van der Waals surface area contributed by atoms with E-state index in [-0.39, 0.29) is 12.3 Å². The van der Waals surface area contributed by atoms with E-state index in [4.69, 9.17) is 9.84 Å². The third-order valence-electron chi connectivity index (χ3n) is 6.95. The highest BCUT2D eigenvalue weighted by Gasteiger charge is 2.62. The summed E-state index contributed by atoms with van der Waals surface area (Å²) in [6.07, 6.45) is -0.985. The van der Waals surface area contributed by atoms with Gasteiger partial charge in [0.2, 0.25) is 17.7 Å². The Hall–Kier alpha value is -3.52. The smallest absolute Gasteiger partial charge is 0.412 e. The van der Waals surface area contributed by atoms with E-state index in [0.29, 0.717) is 18.5 Å².